The molecule has 10 nitrogen and oxygen atoms in total. The van der Waals surface area contributed by atoms with Gasteiger partial charge >= 0.3 is 0 Å². The number of hydrogen-bond acceptors (Lipinski definition) is 5. The number of amides is 3. The van der Waals surface area contributed by atoms with Crippen molar-refractivity contribution in [2.75, 3.05) is 25.0 Å². The Morgan fingerprint density at radius 3 is 2.38 bits per heavy atom. The van der Waals surface area contributed by atoms with Gasteiger partial charge in [0.1, 0.15) is 6.04 Å². The monoisotopic (exact) mass is 363 g/mol. The predicted molar refractivity (Wildman–Crippen MR) is 99.0 cm³/mol. The zero-order valence-corrected chi connectivity index (χ0v) is 14.4. The summed E-state index contributed by atoms with van der Waals surface area (Å²) in [7, 11) is 0. The highest BCUT2D eigenvalue weighted by atomic mass is 16.2. The summed E-state index contributed by atoms with van der Waals surface area (Å²) in [6, 6.07) is 8.06. The molecule has 0 fully saturated rings. The molecule has 10 heteroatoms. The van der Waals surface area contributed by atoms with Crippen LogP contribution in [0.3, 0.4) is 0 Å². The first-order chi connectivity index (χ1) is 12.4. The summed E-state index contributed by atoms with van der Waals surface area (Å²) in [5.74, 6) is -1.37. The van der Waals surface area contributed by atoms with Crippen LogP contribution in [0.4, 0.5) is 5.69 Å². The van der Waals surface area contributed by atoms with E-state index in [1.807, 2.05) is 6.07 Å². The highest BCUT2D eigenvalue weighted by Crippen LogP contribution is 2.07. The second-order valence-corrected chi connectivity index (χ2v) is 5.41. The number of rotatable bonds is 10. The van der Waals surface area contributed by atoms with Gasteiger partial charge in [0.05, 0.1) is 13.1 Å². The molecule has 1 aromatic carbocycles. The first-order valence-electron chi connectivity index (χ1n) is 8.09. The maximum Gasteiger partial charge on any atom is 0.246 e. The maximum atomic E-state index is 12.5. The van der Waals surface area contributed by atoms with E-state index in [0.717, 1.165) is 0 Å². The number of benzene rings is 1. The molecule has 1 aromatic rings. The van der Waals surface area contributed by atoms with Crippen molar-refractivity contribution in [1.82, 2.24) is 10.6 Å². The fraction of sp³-hybridized carbons (Fsp3) is 0.375. The second-order valence-electron chi connectivity index (χ2n) is 5.41. The summed E-state index contributed by atoms with van der Waals surface area (Å²) in [4.78, 5) is 39.4. The van der Waals surface area contributed by atoms with E-state index in [1.54, 1.807) is 24.3 Å². The lowest BCUT2D eigenvalue weighted by molar-refractivity contribution is -0.128. The van der Waals surface area contributed by atoms with Gasteiger partial charge in [0, 0.05) is 12.2 Å². The minimum absolute atomic E-state index is 0.0381. The van der Waals surface area contributed by atoms with Crippen molar-refractivity contribution in [3.8, 4) is 0 Å². The SMILES string of the molecule is NCC(=O)NCC(=O)NC(CCCN=C(N)N)C(=O)Nc1ccccc1. The number of para-hydroxylation sites is 1. The molecule has 0 saturated heterocycles. The van der Waals surface area contributed by atoms with Crippen molar-refractivity contribution in [2.24, 2.45) is 22.2 Å². The molecule has 1 unspecified atom stereocenters. The Morgan fingerprint density at radius 1 is 1.08 bits per heavy atom. The van der Waals surface area contributed by atoms with Crippen LogP contribution in [-0.2, 0) is 14.4 Å². The van der Waals surface area contributed by atoms with Gasteiger partial charge in [0.2, 0.25) is 17.7 Å². The number of hydrogen-bond donors (Lipinski definition) is 6. The molecular weight excluding hydrogens is 338 g/mol. The largest absolute Gasteiger partial charge is 0.370 e. The van der Waals surface area contributed by atoms with E-state index in [4.69, 9.17) is 17.2 Å². The van der Waals surface area contributed by atoms with Gasteiger partial charge in [-0.05, 0) is 25.0 Å². The van der Waals surface area contributed by atoms with Crippen molar-refractivity contribution < 1.29 is 14.4 Å². The molecule has 0 aliphatic carbocycles. The standard InChI is InChI=1S/C16H25N7O3/c17-9-13(24)21-10-14(25)23-12(7-4-8-20-16(18)19)15(26)22-11-5-2-1-3-6-11/h1-3,5-6,12H,4,7-10,17H2,(H,21,24)(H,22,26)(H,23,25)(H4,18,19,20). The molecule has 0 heterocycles. The summed E-state index contributed by atoms with van der Waals surface area (Å²) in [6.07, 6.45) is 0.812. The second kappa shape index (κ2) is 11.4. The van der Waals surface area contributed by atoms with Gasteiger partial charge in [-0.15, -0.1) is 0 Å². The van der Waals surface area contributed by atoms with Crippen LogP contribution in [0, 0.1) is 0 Å². The van der Waals surface area contributed by atoms with Gasteiger partial charge < -0.3 is 33.2 Å². The van der Waals surface area contributed by atoms with E-state index in [0.29, 0.717) is 25.1 Å². The van der Waals surface area contributed by atoms with Crippen LogP contribution in [0.2, 0.25) is 0 Å². The normalized spacial score (nSPS) is 11.1. The molecule has 26 heavy (non-hydrogen) atoms. The van der Waals surface area contributed by atoms with Crippen molar-refractivity contribution in [3.63, 3.8) is 0 Å². The van der Waals surface area contributed by atoms with Gasteiger partial charge in [-0.1, -0.05) is 18.2 Å². The quantitative estimate of drug-likeness (QED) is 0.163. The molecule has 1 rings (SSSR count). The fourth-order valence-electron chi connectivity index (χ4n) is 2.02. The van der Waals surface area contributed by atoms with E-state index >= 15 is 0 Å². The lowest BCUT2D eigenvalue weighted by atomic mass is 10.1. The third kappa shape index (κ3) is 8.64. The first kappa shape index (κ1) is 20.9. The Kier molecular flexibility index (Phi) is 9.18. The van der Waals surface area contributed by atoms with Crippen LogP contribution in [0.25, 0.3) is 0 Å². The Labute approximate surface area is 151 Å². The Hall–Kier alpha value is -3.14. The zero-order valence-electron chi connectivity index (χ0n) is 14.4. The Bertz CT molecular complexity index is 630. The number of guanidine groups is 1. The lowest BCUT2D eigenvalue weighted by Crippen LogP contribution is -2.48. The molecule has 0 aromatic heterocycles. The third-order valence-corrected chi connectivity index (χ3v) is 3.27. The summed E-state index contributed by atoms with van der Waals surface area (Å²) in [5.41, 5.74) is 16.3. The zero-order chi connectivity index (χ0) is 19.4. The molecule has 0 radical (unpaired) electrons. The summed E-state index contributed by atoms with van der Waals surface area (Å²) >= 11 is 0. The fourth-order valence-corrected chi connectivity index (χ4v) is 2.02. The number of anilines is 1. The molecule has 142 valence electrons. The smallest absolute Gasteiger partial charge is 0.246 e. The van der Waals surface area contributed by atoms with Crippen LogP contribution < -0.4 is 33.2 Å². The number of nitrogens with one attached hydrogen (secondary N) is 3. The Balaban J connectivity index is 2.64. The average Bonchev–Trinajstić information content (AvgIpc) is 2.62. The minimum Gasteiger partial charge on any atom is -0.370 e. The van der Waals surface area contributed by atoms with Crippen molar-refractivity contribution in [3.05, 3.63) is 30.3 Å². The number of carbonyl (C=O) groups excluding carboxylic acids is 3. The van der Waals surface area contributed by atoms with Crippen molar-refractivity contribution >= 4 is 29.4 Å². The van der Waals surface area contributed by atoms with Crippen molar-refractivity contribution in [1.29, 1.82) is 0 Å². The van der Waals surface area contributed by atoms with Crippen molar-refractivity contribution in [2.45, 2.75) is 18.9 Å². The van der Waals surface area contributed by atoms with Gasteiger partial charge in [-0.2, -0.15) is 0 Å². The van der Waals surface area contributed by atoms with E-state index in [1.165, 1.54) is 0 Å². The molecule has 0 bridgehead atoms. The van der Waals surface area contributed by atoms with Crippen LogP contribution >= 0.6 is 0 Å². The summed E-state index contributed by atoms with van der Waals surface area (Å²) in [6.45, 7) is -0.153. The van der Waals surface area contributed by atoms with Crippen LogP contribution in [-0.4, -0.2) is 49.4 Å². The van der Waals surface area contributed by atoms with E-state index in [-0.39, 0.29) is 25.0 Å². The molecule has 1 atom stereocenters. The highest BCUT2D eigenvalue weighted by molar-refractivity contribution is 5.97. The minimum atomic E-state index is -0.799. The number of carbonyl (C=O) groups is 3. The van der Waals surface area contributed by atoms with Crippen LogP contribution in [0.1, 0.15) is 12.8 Å². The van der Waals surface area contributed by atoms with Gasteiger partial charge in [-0.3, -0.25) is 19.4 Å². The van der Waals surface area contributed by atoms with E-state index < -0.39 is 17.9 Å². The van der Waals surface area contributed by atoms with Crippen LogP contribution in [0.15, 0.2) is 35.3 Å². The van der Waals surface area contributed by atoms with Gasteiger partial charge in [-0.25, -0.2) is 0 Å². The lowest BCUT2D eigenvalue weighted by Gasteiger charge is -2.18. The molecule has 0 aliphatic rings. The number of nitrogens with zero attached hydrogens (tertiary/aromatic N) is 1. The number of nitrogens with two attached hydrogens (primary N) is 3. The van der Waals surface area contributed by atoms with Gasteiger partial charge in [0.15, 0.2) is 5.96 Å². The predicted octanol–water partition coefficient (Wildman–Crippen LogP) is -1.76. The molecule has 3 amide bonds. The van der Waals surface area contributed by atoms with Crippen LogP contribution in [0.5, 0.6) is 0 Å². The average molecular weight is 363 g/mol. The molecule has 9 N–H and O–H groups in total. The van der Waals surface area contributed by atoms with E-state index in [9.17, 15) is 14.4 Å². The van der Waals surface area contributed by atoms with Gasteiger partial charge in [0.25, 0.3) is 0 Å². The summed E-state index contributed by atoms with van der Waals surface area (Å²) in [5, 5.41) is 7.66. The number of aliphatic imine (C=N–C) groups is 1. The molecule has 0 aliphatic heterocycles. The topological polar surface area (TPSA) is 178 Å². The summed E-state index contributed by atoms with van der Waals surface area (Å²) < 4.78 is 0. The maximum absolute atomic E-state index is 12.5. The highest BCUT2D eigenvalue weighted by Gasteiger charge is 2.20. The first-order valence-corrected chi connectivity index (χ1v) is 8.09. The molecule has 0 saturated carbocycles. The molecule has 0 spiro atoms. The Morgan fingerprint density at radius 2 is 1.77 bits per heavy atom. The third-order valence-electron chi connectivity index (χ3n) is 3.27. The van der Waals surface area contributed by atoms with E-state index in [2.05, 4.69) is 20.9 Å². The molecular formula is C16H25N7O3.